The summed E-state index contributed by atoms with van der Waals surface area (Å²) in [5, 5.41) is 12.0. The molecule has 0 aromatic carbocycles. The van der Waals surface area contributed by atoms with Gasteiger partial charge in [-0.25, -0.2) is 4.98 Å². The molecular weight excluding hydrogens is 228 g/mol. The van der Waals surface area contributed by atoms with E-state index in [0.29, 0.717) is 10.6 Å². The quantitative estimate of drug-likeness (QED) is 0.835. The number of hydrogen-bond acceptors (Lipinski definition) is 4. The fourth-order valence-electron chi connectivity index (χ4n) is 1.34. The van der Waals surface area contributed by atoms with Gasteiger partial charge in [0.2, 0.25) is 0 Å². The van der Waals surface area contributed by atoms with E-state index in [1.165, 1.54) is 11.3 Å². The number of nitrogens with one attached hydrogen (secondary N) is 1. The molecule has 16 heavy (non-hydrogen) atoms. The highest BCUT2D eigenvalue weighted by Crippen LogP contribution is 2.16. The molecular formula is C10H14N2O3S. The molecule has 1 aromatic rings. The molecule has 6 heteroatoms. The largest absolute Gasteiger partial charge is 0.481 e. The number of carbonyl (C=O) groups excluding carboxylic acids is 1. The van der Waals surface area contributed by atoms with Crippen molar-refractivity contribution in [1.29, 1.82) is 0 Å². The molecule has 0 aliphatic heterocycles. The van der Waals surface area contributed by atoms with E-state index in [4.69, 9.17) is 5.11 Å². The van der Waals surface area contributed by atoms with E-state index in [9.17, 15) is 9.59 Å². The maximum atomic E-state index is 11.7. The summed E-state index contributed by atoms with van der Waals surface area (Å²) >= 11 is 1.31. The standard InChI is InChI=1S/C10H14N2O3S/c1-5(4-8(13)14)11-10(15)9-6(2)12-7(3)16-9/h5H,4H2,1-3H3,(H,11,15)(H,13,14). The molecule has 0 bridgehead atoms. The van der Waals surface area contributed by atoms with Gasteiger partial charge in [-0.05, 0) is 20.8 Å². The summed E-state index contributed by atoms with van der Waals surface area (Å²) in [6.45, 7) is 5.25. The van der Waals surface area contributed by atoms with Gasteiger partial charge in [0.05, 0.1) is 17.1 Å². The Bertz CT molecular complexity index is 414. The Kier molecular flexibility index (Phi) is 4.00. The molecule has 0 radical (unpaired) electrons. The Morgan fingerprint density at radius 2 is 2.12 bits per heavy atom. The number of hydrogen-bond donors (Lipinski definition) is 2. The molecule has 1 rings (SSSR count). The van der Waals surface area contributed by atoms with Crippen LogP contribution in [-0.4, -0.2) is 28.0 Å². The van der Waals surface area contributed by atoms with E-state index < -0.39 is 5.97 Å². The van der Waals surface area contributed by atoms with Crippen LogP contribution in [-0.2, 0) is 4.79 Å². The molecule has 0 fully saturated rings. The monoisotopic (exact) mass is 242 g/mol. The number of thiazole rings is 1. The summed E-state index contributed by atoms with van der Waals surface area (Å²) in [6.07, 6.45) is -0.0808. The number of carbonyl (C=O) groups is 2. The molecule has 1 heterocycles. The lowest BCUT2D eigenvalue weighted by molar-refractivity contribution is -0.137. The maximum absolute atomic E-state index is 11.7. The molecule has 1 amide bonds. The Labute approximate surface area is 97.5 Å². The van der Waals surface area contributed by atoms with Gasteiger partial charge in [0, 0.05) is 6.04 Å². The SMILES string of the molecule is Cc1nc(C)c(C(=O)NC(C)CC(=O)O)s1. The van der Waals surface area contributed by atoms with Crippen molar-refractivity contribution in [2.24, 2.45) is 0 Å². The summed E-state index contributed by atoms with van der Waals surface area (Å²) < 4.78 is 0. The van der Waals surface area contributed by atoms with Crippen LogP contribution in [0.15, 0.2) is 0 Å². The second-order valence-electron chi connectivity index (χ2n) is 3.62. The first-order valence-corrected chi connectivity index (χ1v) is 5.68. The van der Waals surface area contributed by atoms with Crippen molar-refractivity contribution in [3.05, 3.63) is 15.6 Å². The zero-order valence-corrected chi connectivity index (χ0v) is 10.2. The van der Waals surface area contributed by atoms with Crippen molar-refractivity contribution in [2.75, 3.05) is 0 Å². The average Bonchev–Trinajstić information content (AvgIpc) is 2.43. The van der Waals surface area contributed by atoms with E-state index in [2.05, 4.69) is 10.3 Å². The Morgan fingerprint density at radius 1 is 1.50 bits per heavy atom. The van der Waals surface area contributed by atoms with Crippen molar-refractivity contribution in [2.45, 2.75) is 33.2 Å². The number of carboxylic acids is 1. The molecule has 0 spiro atoms. The molecule has 2 N–H and O–H groups in total. The van der Waals surface area contributed by atoms with Crippen molar-refractivity contribution >= 4 is 23.2 Å². The zero-order chi connectivity index (χ0) is 12.3. The third-order valence-corrected chi connectivity index (χ3v) is 3.04. The van der Waals surface area contributed by atoms with Crippen LogP contribution in [0, 0.1) is 13.8 Å². The summed E-state index contributed by atoms with van der Waals surface area (Å²) in [6, 6.07) is -0.383. The van der Waals surface area contributed by atoms with Crippen LogP contribution in [0.4, 0.5) is 0 Å². The van der Waals surface area contributed by atoms with Crippen molar-refractivity contribution in [3.63, 3.8) is 0 Å². The fourth-order valence-corrected chi connectivity index (χ4v) is 2.17. The van der Waals surface area contributed by atoms with Crippen LogP contribution in [0.5, 0.6) is 0 Å². The molecule has 1 aromatic heterocycles. The number of aryl methyl sites for hydroxylation is 2. The predicted octanol–water partition coefficient (Wildman–Crippen LogP) is 1.35. The number of aromatic nitrogens is 1. The van der Waals surface area contributed by atoms with E-state index in [-0.39, 0.29) is 18.4 Å². The number of aliphatic carboxylic acids is 1. The second kappa shape index (κ2) is 5.07. The third kappa shape index (κ3) is 3.30. The first-order chi connectivity index (χ1) is 7.40. The maximum Gasteiger partial charge on any atom is 0.305 e. The second-order valence-corrected chi connectivity index (χ2v) is 4.82. The van der Waals surface area contributed by atoms with Crippen LogP contribution in [0.3, 0.4) is 0 Å². The molecule has 5 nitrogen and oxygen atoms in total. The summed E-state index contributed by atoms with van der Waals surface area (Å²) in [4.78, 5) is 26.9. The first kappa shape index (κ1) is 12.6. The normalized spacial score (nSPS) is 12.2. The first-order valence-electron chi connectivity index (χ1n) is 4.87. The summed E-state index contributed by atoms with van der Waals surface area (Å²) in [7, 11) is 0. The van der Waals surface area contributed by atoms with Crippen molar-refractivity contribution < 1.29 is 14.7 Å². The van der Waals surface area contributed by atoms with Crippen LogP contribution in [0.25, 0.3) is 0 Å². The van der Waals surface area contributed by atoms with Crippen LogP contribution >= 0.6 is 11.3 Å². The Balaban J connectivity index is 2.65. The molecule has 0 aliphatic rings. The van der Waals surface area contributed by atoms with Gasteiger partial charge in [0.25, 0.3) is 5.91 Å². The van der Waals surface area contributed by atoms with Gasteiger partial charge < -0.3 is 10.4 Å². The van der Waals surface area contributed by atoms with Gasteiger partial charge in [-0.2, -0.15) is 0 Å². The highest BCUT2D eigenvalue weighted by Gasteiger charge is 2.16. The molecule has 88 valence electrons. The minimum absolute atomic E-state index is 0.0808. The highest BCUT2D eigenvalue weighted by atomic mass is 32.1. The lowest BCUT2D eigenvalue weighted by Crippen LogP contribution is -2.34. The average molecular weight is 242 g/mol. The van der Waals surface area contributed by atoms with E-state index >= 15 is 0 Å². The highest BCUT2D eigenvalue weighted by molar-refractivity contribution is 7.13. The lowest BCUT2D eigenvalue weighted by atomic mass is 10.2. The molecule has 0 aliphatic carbocycles. The predicted molar refractivity (Wildman–Crippen MR) is 60.8 cm³/mol. The smallest absolute Gasteiger partial charge is 0.305 e. The van der Waals surface area contributed by atoms with Crippen LogP contribution < -0.4 is 5.32 Å². The van der Waals surface area contributed by atoms with Gasteiger partial charge in [-0.1, -0.05) is 0 Å². The van der Waals surface area contributed by atoms with Crippen LogP contribution in [0.1, 0.15) is 33.7 Å². The summed E-state index contributed by atoms with van der Waals surface area (Å²) in [5.41, 5.74) is 0.683. The summed E-state index contributed by atoms with van der Waals surface area (Å²) in [5.74, 6) is -1.18. The van der Waals surface area contributed by atoms with Gasteiger partial charge >= 0.3 is 5.97 Å². The number of carboxylic acid groups (broad SMARTS) is 1. The topological polar surface area (TPSA) is 79.3 Å². The fraction of sp³-hybridized carbons (Fsp3) is 0.500. The van der Waals surface area contributed by atoms with Crippen LogP contribution in [0.2, 0.25) is 0 Å². The zero-order valence-electron chi connectivity index (χ0n) is 9.40. The van der Waals surface area contributed by atoms with Crippen molar-refractivity contribution in [1.82, 2.24) is 10.3 Å². The van der Waals surface area contributed by atoms with Gasteiger partial charge in [-0.3, -0.25) is 9.59 Å². The third-order valence-electron chi connectivity index (χ3n) is 1.97. The van der Waals surface area contributed by atoms with E-state index in [1.54, 1.807) is 13.8 Å². The number of rotatable bonds is 4. The minimum atomic E-state index is -0.926. The van der Waals surface area contributed by atoms with E-state index in [1.807, 2.05) is 6.92 Å². The molecule has 0 saturated carbocycles. The number of nitrogens with zero attached hydrogens (tertiary/aromatic N) is 1. The molecule has 0 saturated heterocycles. The molecule has 1 atom stereocenters. The minimum Gasteiger partial charge on any atom is -0.481 e. The van der Waals surface area contributed by atoms with E-state index in [0.717, 1.165) is 5.01 Å². The Hall–Kier alpha value is -1.43. The van der Waals surface area contributed by atoms with Crippen molar-refractivity contribution in [3.8, 4) is 0 Å². The molecule has 1 unspecified atom stereocenters. The number of amides is 1. The Morgan fingerprint density at radius 3 is 2.56 bits per heavy atom. The lowest BCUT2D eigenvalue weighted by Gasteiger charge is -2.10. The van der Waals surface area contributed by atoms with Gasteiger partial charge in [0.1, 0.15) is 4.88 Å². The van der Waals surface area contributed by atoms with Gasteiger partial charge in [0.15, 0.2) is 0 Å². The van der Waals surface area contributed by atoms with Gasteiger partial charge in [-0.15, -0.1) is 11.3 Å².